The number of methoxy groups -OCH3 is 1. The molecular formula is C17H35NO3. The lowest BCUT2D eigenvalue weighted by molar-refractivity contribution is -0.0316. The van der Waals surface area contributed by atoms with Gasteiger partial charge in [0.1, 0.15) is 0 Å². The summed E-state index contributed by atoms with van der Waals surface area (Å²) in [7, 11) is 1.66. The molecule has 2 atom stereocenters. The molecule has 0 aromatic carbocycles. The number of ether oxygens (including phenoxy) is 2. The molecule has 0 heterocycles. The summed E-state index contributed by atoms with van der Waals surface area (Å²) in [4.78, 5) is 0. The third kappa shape index (κ3) is 7.59. The smallest absolute Gasteiger partial charge is 0.0897 e. The molecule has 0 aromatic heterocycles. The lowest BCUT2D eigenvalue weighted by Crippen LogP contribution is -2.39. The largest absolute Gasteiger partial charge is 0.389 e. The fourth-order valence-electron chi connectivity index (χ4n) is 3.57. The molecule has 1 rings (SSSR count). The Balaban J connectivity index is 2.21. The van der Waals surface area contributed by atoms with Gasteiger partial charge < -0.3 is 19.9 Å². The van der Waals surface area contributed by atoms with Gasteiger partial charge in [-0.25, -0.2) is 0 Å². The zero-order chi connectivity index (χ0) is 15.7. The predicted octanol–water partition coefficient (Wildman–Crippen LogP) is 2.59. The second-order valence-electron chi connectivity index (χ2n) is 7.19. The van der Waals surface area contributed by atoms with Crippen LogP contribution in [-0.2, 0) is 9.47 Å². The van der Waals surface area contributed by atoms with Crippen LogP contribution >= 0.6 is 0 Å². The van der Waals surface area contributed by atoms with Crippen molar-refractivity contribution >= 4 is 0 Å². The highest BCUT2D eigenvalue weighted by molar-refractivity contribution is 4.87. The van der Waals surface area contributed by atoms with Crippen molar-refractivity contribution in [3.8, 4) is 0 Å². The van der Waals surface area contributed by atoms with Crippen LogP contribution in [0.2, 0.25) is 0 Å². The van der Waals surface area contributed by atoms with Crippen molar-refractivity contribution in [2.24, 2.45) is 11.3 Å². The Bertz CT molecular complexity index is 265. The van der Waals surface area contributed by atoms with Crippen molar-refractivity contribution in [2.45, 2.75) is 65.1 Å². The minimum atomic E-state index is -0.443. The maximum Gasteiger partial charge on any atom is 0.0897 e. The van der Waals surface area contributed by atoms with Crippen LogP contribution in [0.5, 0.6) is 0 Å². The van der Waals surface area contributed by atoms with Crippen molar-refractivity contribution in [1.82, 2.24) is 5.32 Å². The molecule has 2 N–H and O–H groups in total. The molecule has 0 aliphatic heterocycles. The average Bonchev–Trinajstić information content (AvgIpc) is 2.84. The Morgan fingerprint density at radius 2 is 1.81 bits per heavy atom. The molecule has 4 heteroatoms. The van der Waals surface area contributed by atoms with Gasteiger partial charge in [-0.05, 0) is 37.5 Å². The standard InChI is InChI=1S/C17H35NO3/c1-14(2)9-17(7-5-6-8-17)13-18-10-16(19)12-21-15(3)11-20-4/h14-16,18-19H,5-13H2,1-4H3. The molecule has 1 aliphatic carbocycles. The molecular weight excluding hydrogens is 266 g/mol. The van der Waals surface area contributed by atoms with E-state index in [1.165, 1.54) is 32.1 Å². The Morgan fingerprint density at radius 3 is 2.38 bits per heavy atom. The van der Waals surface area contributed by atoms with Gasteiger partial charge in [0.15, 0.2) is 0 Å². The monoisotopic (exact) mass is 301 g/mol. The lowest BCUT2D eigenvalue weighted by Gasteiger charge is -2.31. The quantitative estimate of drug-likeness (QED) is 0.616. The van der Waals surface area contributed by atoms with Crippen molar-refractivity contribution in [3.63, 3.8) is 0 Å². The summed E-state index contributed by atoms with van der Waals surface area (Å²) in [5.74, 6) is 0.744. The minimum absolute atomic E-state index is 0.0340. The minimum Gasteiger partial charge on any atom is -0.389 e. The molecule has 1 fully saturated rings. The molecule has 126 valence electrons. The van der Waals surface area contributed by atoms with E-state index in [4.69, 9.17) is 9.47 Å². The molecule has 0 spiro atoms. The molecule has 2 unspecified atom stereocenters. The summed E-state index contributed by atoms with van der Waals surface area (Å²) in [6.07, 6.45) is 6.25. The van der Waals surface area contributed by atoms with Crippen LogP contribution in [0.15, 0.2) is 0 Å². The first-order valence-electron chi connectivity index (χ1n) is 8.47. The van der Waals surface area contributed by atoms with Gasteiger partial charge in [0, 0.05) is 20.2 Å². The van der Waals surface area contributed by atoms with Crippen LogP contribution < -0.4 is 5.32 Å². The fraction of sp³-hybridized carbons (Fsp3) is 1.00. The number of aliphatic hydroxyl groups is 1. The molecule has 0 radical (unpaired) electrons. The van der Waals surface area contributed by atoms with Gasteiger partial charge in [-0.2, -0.15) is 0 Å². The first-order valence-corrected chi connectivity index (χ1v) is 8.47. The molecule has 21 heavy (non-hydrogen) atoms. The van der Waals surface area contributed by atoms with E-state index >= 15 is 0 Å². The molecule has 4 nitrogen and oxygen atoms in total. The Kier molecular flexibility index (Phi) is 8.79. The predicted molar refractivity (Wildman–Crippen MR) is 86.5 cm³/mol. The topological polar surface area (TPSA) is 50.7 Å². The second-order valence-corrected chi connectivity index (χ2v) is 7.19. The summed E-state index contributed by atoms with van der Waals surface area (Å²) in [6.45, 7) is 9.14. The first kappa shape index (κ1) is 18.9. The number of rotatable bonds is 11. The van der Waals surface area contributed by atoms with Crippen LogP contribution in [0.3, 0.4) is 0 Å². The average molecular weight is 301 g/mol. The highest BCUT2D eigenvalue weighted by Crippen LogP contribution is 2.42. The Hall–Kier alpha value is -0.160. The zero-order valence-electron chi connectivity index (χ0n) is 14.4. The van der Waals surface area contributed by atoms with Crippen LogP contribution in [0.4, 0.5) is 0 Å². The molecule has 1 aliphatic rings. The highest BCUT2D eigenvalue weighted by Gasteiger charge is 2.33. The van der Waals surface area contributed by atoms with Gasteiger partial charge in [0.2, 0.25) is 0 Å². The van der Waals surface area contributed by atoms with Gasteiger partial charge >= 0.3 is 0 Å². The van der Waals surface area contributed by atoms with Gasteiger partial charge in [0.05, 0.1) is 25.4 Å². The van der Waals surface area contributed by atoms with E-state index in [1.807, 2.05) is 6.92 Å². The molecule has 0 bridgehead atoms. The normalized spacial score (nSPS) is 20.9. The third-order valence-corrected chi connectivity index (χ3v) is 4.36. The van der Waals surface area contributed by atoms with E-state index in [9.17, 15) is 5.11 Å². The second kappa shape index (κ2) is 9.78. The van der Waals surface area contributed by atoms with E-state index < -0.39 is 6.10 Å². The molecule has 1 saturated carbocycles. The molecule has 0 aromatic rings. The number of nitrogens with one attached hydrogen (secondary N) is 1. The summed E-state index contributed by atoms with van der Waals surface area (Å²) in [5.41, 5.74) is 0.456. The number of hydrogen-bond acceptors (Lipinski definition) is 4. The maximum atomic E-state index is 9.98. The summed E-state index contributed by atoms with van der Waals surface area (Å²) in [6, 6.07) is 0. The Morgan fingerprint density at radius 1 is 1.14 bits per heavy atom. The summed E-state index contributed by atoms with van der Waals surface area (Å²) < 4.78 is 10.6. The van der Waals surface area contributed by atoms with Crippen molar-refractivity contribution < 1.29 is 14.6 Å². The van der Waals surface area contributed by atoms with Crippen LogP contribution in [0.1, 0.15) is 52.9 Å². The lowest BCUT2D eigenvalue weighted by atomic mass is 9.78. The van der Waals surface area contributed by atoms with Gasteiger partial charge in [0.25, 0.3) is 0 Å². The zero-order valence-corrected chi connectivity index (χ0v) is 14.4. The van der Waals surface area contributed by atoms with Crippen LogP contribution in [0.25, 0.3) is 0 Å². The van der Waals surface area contributed by atoms with Gasteiger partial charge in [-0.1, -0.05) is 26.7 Å². The number of aliphatic hydroxyl groups excluding tert-OH is 1. The SMILES string of the molecule is COCC(C)OCC(O)CNCC1(CC(C)C)CCCC1. The first-order chi connectivity index (χ1) is 9.97. The van der Waals surface area contributed by atoms with E-state index in [1.54, 1.807) is 7.11 Å². The Labute approximate surface area is 130 Å². The third-order valence-electron chi connectivity index (χ3n) is 4.36. The van der Waals surface area contributed by atoms with E-state index in [-0.39, 0.29) is 6.10 Å². The summed E-state index contributed by atoms with van der Waals surface area (Å²) >= 11 is 0. The van der Waals surface area contributed by atoms with Crippen molar-refractivity contribution in [2.75, 3.05) is 33.4 Å². The number of hydrogen-bond donors (Lipinski definition) is 2. The molecule has 0 amide bonds. The van der Waals surface area contributed by atoms with E-state index in [0.717, 1.165) is 12.5 Å². The summed E-state index contributed by atoms with van der Waals surface area (Å²) in [5, 5.41) is 13.4. The van der Waals surface area contributed by atoms with Crippen LogP contribution in [-0.4, -0.2) is 50.7 Å². The van der Waals surface area contributed by atoms with Crippen molar-refractivity contribution in [3.05, 3.63) is 0 Å². The molecule has 0 saturated heterocycles. The fourth-order valence-corrected chi connectivity index (χ4v) is 3.57. The van der Waals surface area contributed by atoms with Gasteiger partial charge in [-0.15, -0.1) is 0 Å². The van der Waals surface area contributed by atoms with Crippen molar-refractivity contribution in [1.29, 1.82) is 0 Å². The maximum absolute atomic E-state index is 9.98. The van der Waals surface area contributed by atoms with E-state index in [2.05, 4.69) is 19.2 Å². The van der Waals surface area contributed by atoms with E-state index in [0.29, 0.717) is 25.2 Å². The van der Waals surface area contributed by atoms with Gasteiger partial charge in [-0.3, -0.25) is 0 Å². The van der Waals surface area contributed by atoms with Crippen LogP contribution in [0, 0.1) is 11.3 Å². The highest BCUT2D eigenvalue weighted by atomic mass is 16.5.